The van der Waals surface area contributed by atoms with E-state index in [0.29, 0.717) is 13.2 Å². The van der Waals surface area contributed by atoms with Crippen LogP contribution in [0.25, 0.3) is 0 Å². The number of ether oxygens (including phenoxy) is 3. The van der Waals surface area contributed by atoms with Crippen LogP contribution in [0, 0.1) is 0 Å². The third-order valence-electron chi connectivity index (χ3n) is 4.10. The minimum absolute atomic E-state index is 0.545. The van der Waals surface area contributed by atoms with E-state index in [0.717, 1.165) is 56.5 Å². The number of hydrogen-bond acceptors (Lipinski definition) is 6. The maximum atomic E-state index is 5.65. The van der Waals surface area contributed by atoms with E-state index in [-0.39, 0.29) is 0 Å². The Morgan fingerprint density at radius 1 is 1.09 bits per heavy atom. The highest BCUT2D eigenvalue weighted by Gasteiger charge is 2.19. The lowest BCUT2D eigenvalue weighted by Gasteiger charge is -2.36. The molecule has 1 heterocycles. The number of benzene rings is 1. The standard InChI is InChI=1S/C17H29N3O3/c1-18-6-7-19-8-10-20(11-9-19)16-5-4-15(14-17(16)22-3)23-13-12-21-2/h4-5,14,18H,6-13H2,1-3H3. The van der Waals surface area contributed by atoms with Crippen molar-refractivity contribution in [3.63, 3.8) is 0 Å². The van der Waals surface area contributed by atoms with Crippen LogP contribution in [-0.2, 0) is 4.74 Å². The Balaban J connectivity index is 1.94. The zero-order valence-corrected chi connectivity index (χ0v) is 14.5. The average Bonchev–Trinajstić information content (AvgIpc) is 2.60. The van der Waals surface area contributed by atoms with Crippen LogP contribution in [0.3, 0.4) is 0 Å². The average molecular weight is 323 g/mol. The highest BCUT2D eigenvalue weighted by atomic mass is 16.5. The summed E-state index contributed by atoms with van der Waals surface area (Å²) in [7, 11) is 5.38. The van der Waals surface area contributed by atoms with E-state index in [1.807, 2.05) is 19.2 Å². The molecule has 2 rings (SSSR count). The van der Waals surface area contributed by atoms with Crippen molar-refractivity contribution in [3.05, 3.63) is 18.2 Å². The summed E-state index contributed by atoms with van der Waals surface area (Å²) in [6.07, 6.45) is 0. The molecule has 6 nitrogen and oxygen atoms in total. The minimum atomic E-state index is 0.545. The Hall–Kier alpha value is -1.50. The van der Waals surface area contributed by atoms with Crippen LogP contribution in [0.2, 0.25) is 0 Å². The number of likely N-dealkylation sites (N-methyl/N-ethyl adjacent to an activating group) is 1. The number of piperazine rings is 1. The van der Waals surface area contributed by atoms with Gasteiger partial charge in [-0.15, -0.1) is 0 Å². The fourth-order valence-electron chi connectivity index (χ4n) is 2.73. The Kier molecular flexibility index (Phi) is 7.45. The van der Waals surface area contributed by atoms with E-state index < -0.39 is 0 Å². The van der Waals surface area contributed by atoms with Crippen LogP contribution in [0.15, 0.2) is 18.2 Å². The second kappa shape index (κ2) is 9.60. The van der Waals surface area contributed by atoms with Crippen molar-refractivity contribution in [2.24, 2.45) is 0 Å². The number of methoxy groups -OCH3 is 2. The molecule has 1 aromatic rings. The fourth-order valence-corrected chi connectivity index (χ4v) is 2.73. The molecular formula is C17H29N3O3. The molecule has 0 atom stereocenters. The topological polar surface area (TPSA) is 46.2 Å². The number of rotatable bonds is 9. The lowest BCUT2D eigenvalue weighted by atomic mass is 10.2. The first-order valence-corrected chi connectivity index (χ1v) is 8.20. The molecule has 0 bridgehead atoms. The van der Waals surface area contributed by atoms with E-state index in [1.54, 1.807) is 14.2 Å². The Morgan fingerprint density at radius 3 is 2.52 bits per heavy atom. The van der Waals surface area contributed by atoms with E-state index in [4.69, 9.17) is 14.2 Å². The van der Waals surface area contributed by atoms with Crippen molar-refractivity contribution in [1.82, 2.24) is 10.2 Å². The second-order valence-corrected chi connectivity index (χ2v) is 5.61. The van der Waals surface area contributed by atoms with Gasteiger partial charge in [-0.1, -0.05) is 0 Å². The quantitative estimate of drug-likeness (QED) is 0.686. The SMILES string of the molecule is CNCCN1CCN(c2ccc(OCCOC)cc2OC)CC1. The highest BCUT2D eigenvalue weighted by Crippen LogP contribution is 2.32. The van der Waals surface area contributed by atoms with Gasteiger partial charge in [0.05, 0.1) is 19.4 Å². The summed E-state index contributed by atoms with van der Waals surface area (Å²) >= 11 is 0. The van der Waals surface area contributed by atoms with Gasteiger partial charge in [-0.2, -0.15) is 0 Å². The molecule has 1 aliphatic rings. The summed E-state index contributed by atoms with van der Waals surface area (Å²) in [5.74, 6) is 1.68. The zero-order valence-electron chi connectivity index (χ0n) is 14.5. The van der Waals surface area contributed by atoms with Crippen molar-refractivity contribution >= 4 is 5.69 Å². The Labute approximate surface area is 139 Å². The maximum absolute atomic E-state index is 5.65. The van der Waals surface area contributed by atoms with Gasteiger partial charge in [0, 0.05) is 52.4 Å². The predicted molar refractivity (Wildman–Crippen MR) is 92.9 cm³/mol. The molecule has 23 heavy (non-hydrogen) atoms. The molecule has 1 N–H and O–H groups in total. The summed E-state index contributed by atoms with van der Waals surface area (Å²) in [6, 6.07) is 6.05. The van der Waals surface area contributed by atoms with Gasteiger partial charge in [0.1, 0.15) is 18.1 Å². The number of hydrogen-bond donors (Lipinski definition) is 1. The van der Waals surface area contributed by atoms with Crippen LogP contribution in [-0.4, -0.2) is 78.6 Å². The van der Waals surface area contributed by atoms with Gasteiger partial charge in [0.15, 0.2) is 0 Å². The van der Waals surface area contributed by atoms with Crippen molar-refractivity contribution in [1.29, 1.82) is 0 Å². The third kappa shape index (κ3) is 5.27. The maximum Gasteiger partial charge on any atom is 0.145 e. The molecule has 6 heteroatoms. The van der Waals surface area contributed by atoms with Crippen molar-refractivity contribution in [2.75, 3.05) is 78.6 Å². The van der Waals surface area contributed by atoms with Gasteiger partial charge in [0.2, 0.25) is 0 Å². The lowest BCUT2D eigenvalue weighted by Crippen LogP contribution is -2.48. The Bertz CT molecular complexity index is 462. The normalized spacial score (nSPS) is 15.7. The van der Waals surface area contributed by atoms with Gasteiger partial charge in [-0.05, 0) is 19.2 Å². The molecule has 130 valence electrons. The Morgan fingerprint density at radius 2 is 1.87 bits per heavy atom. The van der Waals surface area contributed by atoms with Crippen LogP contribution in [0.5, 0.6) is 11.5 Å². The van der Waals surface area contributed by atoms with Crippen molar-refractivity contribution < 1.29 is 14.2 Å². The van der Waals surface area contributed by atoms with E-state index >= 15 is 0 Å². The fraction of sp³-hybridized carbons (Fsp3) is 0.647. The van der Waals surface area contributed by atoms with Crippen molar-refractivity contribution in [2.45, 2.75) is 0 Å². The van der Waals surface area contributed by atoms with E-state index in [9.17, 15) is 0 Å². The largest absolute Gasteiger partial charge is 0.494 e. The first-order chi connectivity index (χ1) is 11.3. The van der Waals surface area contributed by atoms with Crippen molar-refractivity contribution in [3.8, 4) is 11.5 Å². The van der Waals surface area contributed by atoms with E-state index in [1.165, 1.54) is 0 Å². The molecule has 1 saturated heterocycles. The number of anilines is 1. The molecule has 0 aromatic heterocycles. The lowest BCUT2D eigenvalue weighted by molar-refractivity contribution is 0.146. The molecule has 0 amide bonds. The molecule has 0 saturated carbocycles. The number of nitrogens with zero attached hydrogens (tertiary/aromatic N) is 2. The molecule has 0 radical (unpaired) electrons. The molecule has 1 aliphatic heterocycles. The minimum Gasteiger partial charge on any atom is -0.494 e. The summed E-state index contributed by atoms with van der Waals surface area (Å²) in [4.78, 5) is 4.87. The van der Waals surface area contributed by atoms with Gasteiger partial charge in [-0.25, -0.2) is 0 Å². The predicted octanol–water partition coefficient (Wildman–Crippen LogP) is 1.06. The monoisotopic (exact) mass is 323 g/mol. The van der Waals surface area contributed by atoms with Crippen LogP contribution in [0.1, 0.15) is 0 Å². The first kappa shape index (κ1) is 17.8. The summed E-state index contributed by atoms with van der Waals surface area (Å²) < 4.78 is 16.2. The molecule has 1 aromatic carbocycles. The van der Waals surface area contributed by atoms with Crippen LogP contribution in [0.4, 0.5) is 5.69 Å². The van der Waals surface area contributed by atoms with E-state index in [2.05, 4.69) is 21.2 Å². The van der Waals surface area contributed by atoms with Crippen LogP contribution < -0.4 is 19.7 Å². The first-order valence-electron chi connectivity index (χ1n) is 8.20. The van der Waals surface area contributed by atoms with Gasteiger partial charge in [-0.3, -0.25) is 4.90 Å². The van der Waals surface area contributed by atoms with Gasteiger partial charge >= 0.3 is 0 Å². The summed E-state index contributed by atoms with van der Waals surface area (Å²) in [5.41, 5.74) is 1.14. The number of nitrogens with one attached hydrogen (secondary N) is 1. The molecule has 0 spiro atoms. The third-order valence-corrected chi connectivity index (χ3v) is 4.10. The smallest absolute Gasteiger partial charge is 0.145 e. The molecule has 0 aliphatic carbocycles. The molecular weight excluding hydrogens is 294 g/mol. The summed E-state index contributed by atoms with van der Waals surface area (Å²) in [5, 5.41) is 3.21. The van der Waals surface area contributed by atoms with Crippen LogP contribution >= 0.6 is 0 Å². The second-order valence-electron chi connectivity index (χ2n) is 5.61. The molecule has 1 fully saturated rings. The van der Waals surface area contributed by atoms with Gasteiger partial charge in [0.25, 0.3) is 0 Å². The van der Waals surface area contributed by atoms with Gasteiger partial charge < -0.3 is 24.4 Å². The zero-order chi connectivity index (χ0) is 16.5. The highest BCUT2D eigenvalue weighted by molar-refractivity contribution is 5.61. The summed E-state index contributed by atoms with van der Waals surface area (Å²) in [6.45, 7) is 7.47. The molecule has 0 unspecified atom stereocenters.